The van der Waals surface area contributed by atoms with Crippen LogP contribution in [0.25, 0.3) is 11.1 Å². The molecule has 2 aliphatic heterocycles. The highest BCUT2D eigenvalue weighted by atomic mass is 16.7. The molecule has 3 heteroatoms. The van der Waals surface area contributed by atoms with Crippen molar-refractivity contribution in [3.05, 3.63) is 29.6 Å². The fourth-order valence-corrected chi connectivity index (χ4v) is 2.08. The summed E-state index contributed by atoms with van der Waals surface area (Å²) in [6.07, 6.45) is 1.92. The van der Waals surface area contributed by atoms with Gasteiger partial charge in [-0.05, 0) is 6.42 Å². The molecule has 3 aliphatic rings. The second-order valence-corrected chi connectivity index (χ2v) is 3.56. The molecule has 72 valence electrons. The van der Waals surface area contributed by atoms with E-state index in [-0.39, 0.29) is 0 Å². The van der Waals surface area contributed by atoms with Crippen LogP contribution in [0.15, 0.2) is 18.2 Å². The Labute approximate surface area is 82.6 Å². The van der Waals surface area contributed by atoms with Crippen molar-refractivity contribution in [2.45, 2.75) is 19.8 Å². The van der Waals surface area contributed by atoms with Crippen LogP contribution in [0.3, 0.4) is 0 Å². The van der Waals surface area contributed by atoms with Gasteiger partial charge in [0.1, 0.15) is 6.61 Å². The smallest absolute Gasteiger partial charge is 0.122 e. The summed E-state index contributed by atoms with van der Waals surface area (Å²) in [5.74, 6) is 0. The highest BCUT2D eigenvalue weighted by molar-refractivity contribution is 5.71. The largest absolute Gasteiger partial charge is 0.396 e. The molecule has 14 heavy (non-hydrogen) atoms. The number of aromatic nitrogens is 2. The third-order valence-corrected chi connectivity index (χ3v) is 2.77. The van der Waals surface area contributed by atoms with Crippen molar-refractivity contribution >= 4 is 0 Å². The first-order valence-corrected chi connectivity index (χ1v) is 5.03. The molecular formula is C11H12N2O. The van der Waals surface area contributed by atoms with Crippen molar-refractivity contribution in [2.24, 2.45) is 0 Å². The Hall–Kier alpha value is -1.51. The van der Waals surface area contributed by atoms with Crippen LogP contribution < -0.4 is 4.84 Å². The Balaban J connectivity index is 2.33. The maximum absolute atomic E-state index is 5.42. The van der Waals surface area contributed by atoms with E-state index in [2.05, 4.69) is 30.2 Å². The molecule has 0 fully saturated rings. The second kappa shape index (κ2) is 2.74. The Morgan fingerprint density at radius 3 is 3.14 bits per heavy atom. The van der Waals surface area contributed by atoms with E-state index in [1.54, 1.807) is 4.85 Å². The minimum atomic E-state index is 0.750. The zero-order chi connectivity index (χ0) is 9.54. The second-order valence-electron chi connectivity index (χ2n) is 3.56. The van der Waals surface area contributed by atoms with Crippen LogP contribution in [0.2, 0.25) is 0 Å². The van der Waals surface area contributed by atoms with Crippen LogP contribution in [0, 0.1) is 0 Å². The molecule has 0 unspecified atom stereocenters. The predicted octanol–water partition coefficient (Wildman–Crippen LogP) is 1.53. The van der Waals surface area contributed by atoms with Crippen LogP contribution in [0.5, 0.6) is 0 Å². The molecule has 1 aliphatic carbocycles. The first-order valence-electron chi connectivity index (χ1n) is 5.03. The standard InChI is InChI=1S/C11H12N2O/c1-2-10-8-4-3-5-9(8)11-6-7-14-13(11)12-10/h3-5H,2,6-7H2,1H3. The fraction of sp³-hybridized carbons (Fsp3) is 0.364. The number of nitrogens with zero attached hydrogens (tertiary/aromatic N) is 2. The van der Waals surface area contributed by atoms with E-state index in [4.69, 9.17) is 4.84 Å². The summed E-state index contributed by atoms with van der Waals surface area (Å²) in [7, 11) is 0. The summed E-state index contributed by atoms with van der Waals surface area (Å²) in [6, 6.07) is 6.38. The van der Waals surface area contributed by atoms with Crippen molar-refractivity contribution in [2.75, 3.05) is 6.61 Å². The van der Waals surface area contributed by atoms with Gasteiger partial charge in [-0.15, -0.1) is 9.94 Å². The summed E-state index contributed by atoms with van der Waals surface area (Å²) in [4.78, 5) is 7.12. The van der Waals surface area contributed by atoms with Gasteiger partial charge in [-0.3, -0.25) is 0 Å². The maximum Gasteiger partial charge on any atom is 0.122 e. The minimum absolute atomic E-state index is 0.750. The first-order chi connectivity index (χ1) is 6.90. The van der Waals surface area contributed by atoms with Gasteiger partial charge in [0.2, 0.25) is 0 Å². The Bertz CT molecular complexity index is 447. The zero-order valence-electron chi connectivity index (χ0n) is 8.16. The third kappa shape index (κ3) is 0.895. The predicted molar refractivity (Wildman–Crippen MR) is 53.4 cm³/mol. The molecule has 0 radical (unpaired) electrons. The third-order valence-electron chi connectivity index (χ3n) is 2.77. The quantitative estimate of drug-likeness (QED) is 0.678. The summed E-state index contributed by atoms with van der Waals surface area (Å²) in [6.45, 7) is 2.87. The van der Waals surface area contributed by atoms with Crippen LogP contribution >= 0.6 is 0 Å². The Kier molecular flexibility index (Phi) is 1.54. The highest BCUT2D eigenvalue weighted by Crippen LogP contribution is 2.30. The van der Waals surface area contributed by atoms with E-state index in [1.165, 1.54) is 16.8 Å². The van der Waals surface area contributed by atoms with Gasteiger partial charge >= 0.3 is 0 Å². The van der Waals surface area contributed by atoms with Crippen LogP contribution in [-0.4, -0.2) is 16.6 Å². The summed E-state index contributed by atoms with van der Waals surface area (Å²) in [5, 5.41) is 4.47. The van der Waals surface area contributed by atoms with E-state index in [1.807, 2.05) is 0 Å². The lowest BCUT2D eigenvalue weighted by atomic mass is 10.0. The lowest BCUT2D eigenvalue weighted by molar-refractivity contribution is 0.116. The summed E-state index contributed by atoms with van der Waals surface area (Å²) in [5.41, 5.74) is 4.91. The number of rotatable bonds is 1. The molecule has 0 aromatic carbocycles. The topological polar surface area (TPSA) is 27.1 Å². The molecule has 0 saturated heterocycles. The molecule has 0 aromatic heterocycles. The highest BCUT2D eigenvalue weighted by Gasteiger charge is 2.21. The van der Waals surface area contributed by atoms with Gasteiger partial charge in [-0.25, -0.2) is 0 Å². The number of fused-ring (bicyclic) bond motifs is 3. The van der Waals surface area contributed by atoms with Crippen molar-refractivity contribution < 1.29 is 4.84 Å². The molecule has 0 saturated carbocycles. The van der Waals surface area contributed by atoms with Gasteiger partial charge in [0.25, 0.3) is 0 Å². The van der Waals surface area contributed by atoms with E-state index in [0.717, 1.165) is 25.1 Å². The van der Waals surface area contributed by atoms with E-state index >= 15 is 0 Å². The molecule has 0 atom stereocenters. The molecule has 0 N–H and O–H groups in total. The molecule has 0 spiro atoms. The van der Waals surface area contributed by atoms with Crippen LogP contribution in [-0.2, 0) is 12.8 Å². The minimum Gasteiger partial charge on any atom is -0.396 e. The molecule has 0 aromatic rings. The number of hydrogen-bond donors (Lipinski definition) is 0. The first kappa shape index (κ1) is 7.85. The number of hydrogen-bond acceptors (Lipinski definition) is 2. The molecule has 0 amide bonds. The lowest BCUT2D eigenvalue weighted by Gasteiger charge is -2.11. The molecule has 2 heterocycles. The Morgan fingerprint density at radius 1 is 1.43 bits per heavy atom. The van der Waals surface area contributed by atoms with Gasteiger partial charge < -0.3 is 4.84 Å². The van der Waals surface area contributed by atoms with E-state index < -0.39 is 0 Å². The van der Waals surface area contributed by atoms with Gasteiger partial charge in [0, 0.05) is 17.5 Å². The lowest BCUT2D eigenvalue weighted by Crippen LogP contribution is -2.13. The SMILES string of the molecule is CCc1nn2c(c3cccc1-3)CCO2. The molecule has 0 bridgehead atoms. The average molecular weight is 188 g/mol. The molecule has 3 rings (SSSR count). The van der Waals surface area contributed by atoms with Crippen molar-refractivity contribution in [1.82, 2.24) is 9.94 Å². The average Bonchev–Trinajstić information content (AvgIpc) is 2.83. The van der Waals surface area contributed by atoms with Crippen LogP contribution in [0.4, 0.5) is 0 Å². The number of aryl methyl sites for hydroxylation is 1. The summed E-state index contributed by atoms with van der Waals surface area (Å²) >= 11 is 0. The normalized spacial score (nSPS) is 14.4. The Morgan fingerprint density at radius 2 is 2.29 bits per heavy atom. The maximum atomic E-state index is 5.42. The zero-order valence-corrected chi connectivity index (χ0v) is 8.16. The summed E-state index contributed by atoms with van der Waals surface area (Å²) < 4.78 is 0. The molecule has 3 nitrogen and oxygen atoms in total. The molecular weight excluding hydrogens is 176 g/mol. The van der Waals surface area contributed by atoms with Crippen molar-refractivity contribution in [3.63, 3.8) is 0 Å². The van der Waals surface area contributed by atoms with Gasteiger partial charge in [0.15, 0.2) is 0 Å². The van der Waals surface area contributed by atoms with Crippen molar-refractivity contribution in [3.8, 4) is 11.1 Å². The van der Waals surface area contributed by atoms with Gasteiger partial charge in [-0.1, -0.05) is 25.1 Å². The van der Waals surface area contributed by atoms with Gasteiger partial charge in [0.05, 0.1) is 11.4 Å². The van der Waals surface area contributed by atoms with E-state index in [9.17, 15) is 0 Å². The monoisotopic (exact) mass is 188 g/mol. The van der Waals surface area contributed by atoms with E-state index in [0.29, 0.717) is 0 Å². The van der Waals surface area contributed by atoms with Crippen molar-refractivity contribution in [1.29, 1.82) is 0 Å². The van der Waals surface area contributed by atoms with Crippen LogP contribution in [0.1, 0.15) is 18.3 Å². The fourth-order valence-electron chi connectivity index (χ4n) is 2.08. The van der Waals surface area contributed by atoms with Gasteiger partial charge in [-0.2, -0.15) is 0 Å².